The van der Waals surface area contributed by atoms with E-state index in [9.17, 15) is 4.79 Å². The minimum absolute atomic E-state index is 0.000280. The zero-order chi connectivity index (χ0) is 14.3. The Morgan fingerprint density at radius 1 is 1.00 bits per heavy atom. The largest absolute Gasteiger partial charge is 0.323 e. The van der Waals surface area contributed by atoms with Crippen molar-refractivity contribution in [1.29, 1.82) is 0 Å². The quantitative estimate of drug-likeness (QED) is 0.582. The lowest BCUT2D eigenvalue weighted by Gasteiger charge is -2.12. The Morgan fingerprint density at radius 3 is 2.50 bits per heavy atom. The van der Waals surface area contributed by atoms with E-state index in [1.54, 1.807) is 0 Å². The Bertz CT molecular complexity index is 820. The van der Waals surface area contributed by atoms with Gasteiger partial charge in [-0.25, -0.2) is 4.79 Å². The van der Waals surface area contributed by atoms with E-state index in [1.807, 2.05) is 36.4 Å². The summed E-state index contributed by atoms with van der Waals surface area (Å²) in [5, 5.41) is 0.676. The fourth-order valence-corrected chi connectivity index (χ4v) is 3.56. The summed E-state index contributed by atoms with van der Waals surface area (Å²) in [5.41, 5.74) is 3.47. The molecule has 3 rings (SSSR count). The topological polar surface area (TPSA) is 48.6 Å². The van der Waals surface area contributed by atoms with Crippen molar-refractivity contribution in [3.05, 3.63) is 67.5 Å². The maximum absolute atomic E-state index is 11.3. The molecule has 3 aromatic rings. The summed E-state index contributed by atoms with van der Waals surface area (Å²) in [6.45, 7) is 0. The van der Waals surface area contributed by atoms with E-state index in [2.05, 4.69) is 41.8 Å². The fraction of sp³-hybridized carbons (Fsp3) is 0.0714. The highest BCUT2D eigenvalue weighted by Gasteiger charge is 2.13. The zero-order valence-electron chi connectivity index (χ0n) is 10.1. The maximum Gasteiger partial charge on any atom is 0.323 e. The Labute approximate surface area is 136 Å². The van der Waals surface area contributed by atoms with Gasteiger partial charge in [-0.3, -0.25) is 0 Å². The molecular formula is C14H9Br2ClN2O. The standard InChI is InChI=1S/C14H9Br2ClN2O/c15-9-3-8(4-10(17)6-9)13(16)7-1-2-11-12(5-7)19-14(20)18-11/h1-6,13H,(H2,18,19,20). The maximum atomic E-state index is 11.3. The molecule has 0 fully saturated rings. The van der Waals surface area contributed by atoms with Gasteiger partial charge in [-0.2, -0.15) is 0 Å². The molecule has 0 radical (unpaired) electrons. The van der Waals surface area contributed by atoms with Crippen LogP contribution in [-0.4, -0.2) is 9.97 Å². The number of halogens is 3. The first-order valence-electron chi connectivity index (χ1n) is 5.85. The van der Waals surface area contributed by atoms with Crippen LogP contribution in [0.15, 0.2) is 45.7 Å². The average molecular weight is 416 g/mol. The molecule has 0 amide bonds. The van der Waals surface area contributed by atoms with Crippen molar-refractivity contribution in [3.8, 4) is 0 Å². The van der Waals surface area contributed by atoms with Gasteiger partial charge < -0.3 is 9.97 Å². The first-order valence-corrected chi connectivity index (χ1v) is 7.93. The van der Waals surface area contributed by atoms with E-state index in [-0.39, 0.29) is 10.5 Å². The number of hydrogen-bond acceptors (Lipinski definition) is 1. The van der Waals surface area contributed by atoms with E-state index in [0.29, 0.717) is 5.02 Å². The van der Waals surface area contributed by atoms with Gasteiger partial charge in [0.1, 0.15) is 0 Å². The molecule has 0 spiro atoms. The monoisotopic (exact) mass is 414 g/mol. The number of alkyl halides is 1. The number of fused-ring (bicyclic) bond motifs is 1. The van der Waals surface area contributed by atoms with Crippen LogP contribution >= 0.6 is 43.5 Å². The number of H-pyrrole nitrogens is 2. The summed E-state index contributed by atoms with van der Waals surface area (Å²) in [7, 11) is 0. The van der Waals surface area contributed by atoms with Crippen molar-refractivity contribution in [2.75, 3.05) is 0 Å². The van der Waals surface area contributed by atoms with Gasteiger partial charge >= 0.3 is 5.69 Å². The molecule has 2 aromatic carbocycles. The van der Waals surface area contributed by atoms with Crippen molar-refractivity contribution in [3.63, 3.8) is 0 Å². The van der Waals surface area contributed by atoms with Crippen molar-refractivity contribution in [2.45, 2.75) is 4.83 Å². The van der Waals surface area contributed by atoms with Crippen LogP contribution in [0.2, 0.25) is 5.02 Å². The van der Waals surface area contributed by atoms with Crippen molar-refractivity contribution >= 4 is 54.5 Å². The van der Waals surface area contributed by atoms with E-state index in [4.69, 9.17) is 11.6 Å². The first-order chi connectivity index (χ1) is 9.52. The van der Waals surface area contributed by atoms with Crippen LogP contribution in [0.25, 0.3) is 11.0 Å². The first kappa shape index (κ1) is 13.9. The third kappa shape index (κ3) is 2.71. The van der Waals surface area contributed by atoms with E-state index >= 15 is 0 Å². The summed E-state index contributed by atoms with van der Waals surface area (Å²) >= 11 is 13.2. The molecule has 102 valence electrons. The van der Waals surface area contributed by atoms with E-state index in [0.717, 1.165) is 26.6 Å². The lowest BCUT2D eigenvalue weighted by molar-refractivity contribution is 1.18. The molecule has 20 heavy (non-hydrogen) atoms. The van der Waals surface area contributed by atoms with Gasteiger partial charge in [0, 0.05) is 9.50 Å². The Kier molecular flexibility index (Phi) is 3.75. The zero-order valence-corrected chi connectivity index (χ0v) is 14.0. The average Bonchev–Trinajstić information content (AvgIpc) is 2.75. The molecule has 0 aliphatic rings. The summed E-state index contributed by atoms with van der Waals surface area (Å²) in [6, 6.07) is 11.6. The van der Waals surface area contributed by atoms with Crippen LogP contribution in [0, 0.1) is 0 Å². The number of rotatable bonds is 2. The lowest BCUT2D eigenvalue weighted by atomic mass is 10.0. The lowest BCUT2D eigenvalue weighted by Crippen LogP contribution is -1.99. The molecule has 6 heteroatoms. The van der Waals surface area contributed by atoms with Crippen molar-refractivity contribution < 1.29 is 0 Å². The van der Waals surface area contributed by atoms with Gasteiger partial charge in [0.25, 0.3) is 0 Å². The highest BCUT2D eigenvalue weighted by atomic mass is 79.9. The SMILES string of the molecule is O=c1[nH]c2ccc(C(Br)c3cc(Cl)cc(Br)c3)cc2[nH]1. The Balaban J connectivity index is 2.06. The van der Waals surface area contributed by atoms with E-state index in [1.165, 1.54) is 0 Å². The molecule has 0 aliphatic heterocycles. The number of aromatic amines is 2. The van der Waals surface area contributed by atoms with Gasteiger partial charge in [0.05, 0.1) is 15.9 Å². The molecule has 1 unspecified atom stereocenters. The van der Waals surface area contributed by atoms with Gasteiger partial charge in [0.2, 0.25) is 0 Å². The molecular weight excluding hydrogens is 407 g/mol. The number of hydrogen-bond donors (Lipinski definition) is 2. The van der Waals surface area contributed by atoms with Crippen LogP contribution < -0.4 is 5.69 Å². The minimum Gasteiger partial charge on any atom is -0.306 e. The second-order valence-electron chi connectivity index (χ2n) is 4.45. The molecule has 3 nitrogen and oxygen atoms in total. The van der Waals surface area contributed by atoms with Crippen LogP contribution in [0.1, 0.15) is 16.0 Å². The number of benzene rings is 2. The summed E-state index contributed by atoms with van der Waals surface area (Å²) in [4.78, 5) is 16.8. The summed E-state index contributed by atoms with van der Waals surface area (Å²) < 4.78 is 0.931. The molecule has 2 N–H and O–H groups in total. The van der Waals surface area contributed by atoms with Crippen LogP contribution in [0.5, 0.6) is 0 Å². The minimum atomic E-state index is -0.200. The Hall–Kier alpha value is -1.04. The molecule has 0 saturated heterocycles. The molecule has 0 saturated carbocycles. The van der Waals surface area contributed by atoms with Gasteiger partial charge in [0.15, 0.2) is 0 Å². The third-order valence-electron chi connectivity index (χ3n) is 3.01. The molecule has 0 bridgehead atoms. The fourth-order valence-electron chi connectivity index (χ4n) is 2.12. The Morgan fingerprint density at radius 2 is 1.75 bits per heavy atom. The highest BCUT2D eigenvalue weighted by Crippen LogP contribution is 2.34. The van der Waals surface area contributed by atoms with Gasteiger partial charge in [-0.1, -0.05) is 49.5 Å². The summed E-state index contributed by atoms with van der Waals surface area (Å²) in [6.07, 6.45) is 0. The predicted molar refractivity (Wildman–Crippen MR) is 88.8 cm³/mol. The molecule has 1 aromatic heterocycles. The molecule has 0 aliphatic carbocycles. The van der Waals surface area contributed by atoms with Crippen molar-refractivity contribution in [2.24, 2.45) is 0 Å². The molecule has 1 atom stereocenters. The number of nitrogens with one attached hydrogen (secondary N) is 2. The highest BCUT2D eigenvalue weighted by molar-refractivity contribution is 9.10. The smallest absolute Gasteiger partial charge is 0.306 e. The number of imidazole rings is 1. The summed E-state index contributed by atoms with van der Waals surface area (Å²) in [5.74, 6) is 0. The van der Waals surface area contributed by atoms with Crippen LogP contribution in [0.3, 0.4) is 0 Å². The second kappa shape index (κ2) is 5.39. The van der Waals surface area contributed by atoms with Gasteiger partial charge in [-0.15, -0.1) is 0 Å². The van der Waals surface area contributed by atoms with Crippen LogP contribution in [-0.2, 0) is 0 Å². The third-order valence-corrected chi connectivity index (χ3v) is 4.74. The van der Waals surface area contributed by atoms with E-state index < -0.39 is 0 Å². The van der Waals surface area contributed by atoms with Gasteiger partial charge in [-0.05, 0) is 41.5 Å². The van der Waals surface area contributed by atoms with Crippen LogP contribution in [0.4, 0.5) is 0 Å². The normalized spacial score (nSPS) is 12.8. The van der Waals surface area contributed by atoms with Crippen molar-refractivity contribution in [1.82, 2.24) is 9.97 Å². The number of aromatic nitrogens is 2. The molecule has 1 heterocycles. The predicted octanol–water partition coefficient (Wildman–Crippen LogP) is 4.76. The second-order valence-corrected chi connectivity index (χ2v) is 6.72.